The van der Waals surface area contributed by atoms with Gasteiger partial charge in [0.15, 0.2) is 0 Å². The monoisotopic (exact) mass is 401 g/mol. The highest BCUT2D eigenvalue weighted by Crippen LogP contribution is 2.30. The predicted molar refractivity (Wildman–Crippen MR) is 106 cm³/mol. The average molecular weight is 401 g/mol. The lowest BCUT2D eigenvalue weighted by Gasteiger charge is -2.30. The number of aliphatic hydroxyl groups excluding tert-OH is 1. The molecule has 8 heteroatoms. The molecule has 2 N–H and O–H groups in total. The van der Waals surface area contributed by atoms with Crippen LogP contribution >= 0.6 is 0 Å². The van der Waals surface area contributed by atoms with Crippen LogP contribution in [0.5, 0.6) is 5.75 Å². The summed E-state index contributed by atoms with van der Waals surface area (Å²) in [4.78, 5) is 40.5. The molecule has 2 saturated heterocycles. The van der Waals surface area contributed by atoms with Gasteiger partial charge >= 0.3 is 6.03 Å². The molecule has 0 spiro atoms. The normalized spacial score (nSPS) is 22.6. The Morgan fingerprint density at radius 1 is 1.28 bits per heavy atom. The standard InChI is InChI=1S/C21H27N3O5/c1-14(2)13-29-17-6-4-15(5-7-17)21(3)19(27)24(20(28)22-21)12-18(26)23-10-8-16(25)9-11-23/h4-7,16,25H,1,8-13H2,2-3H3,(H,22,28). The Labute approximate surface area is 170 Å². The average Bonchev–Trinajstić information content (AvgIpc) is 2.91. The molecule has 2 heterocycles. The summed E-state index contributed by atoms with van der Waals surface area (Å²) in [5.74, 6) is -0.131. The number of imide groups is 1. The number of hydrogen-bond acceptors (Lipinski definition) is 5. The summed E-state index contributed by atoms with van der Waals surface area (Å²) in [5, 5.41) is 12.3. The summed E-state index contributed by atoms with van der Waals surface area (Å²) in [6, 6.07) is 6.32. The van der Waals surface area contributed by atoms with Crippen molar-refractivity contribution in [3.05, 3.63) is 42.0 Å². The minimum atomic E-state index is -1.25. The van der Waals surface area contributed by atoms with E-state index in [9.17, 15) is 19.5 Å². The van der Waals surface area contributed by atoms with Gasteiger partial charge in [0.2, 0.25) is 5.91 Å². The third-order valence-corrected chi connectivity index (χ3v) is 5.30. The molecular weight excluding hydrogens is 374 g/mol. The summed E-state index contributed by atoms with van der Waals surface area (Å²) in [6.07, 6.45) is 0.605. The molecule has 1 atom stereocenters. The zero-order valence-electron chi connectivity index (χ0n) is 16.8. The number of benzene rings is 1. The van der Waals surface area contributed by atoms with E-state index in [1.54, 1.807) is 36.1 Å². The van der Waals surface area contributed by atoms with Crippen molar-refractivity contribution >= 4 is 17.8 Å². The molecule has 0 aromatic heterocycles. The number of ether oxygens (including phenoxy) is 1. The third kappa shape index (κ3) is 4.42. The Hall–Kier alpha value is -2.87. The number of likely N-dealkylation sites (tertiary alicyclic amines) is 1. The Morgan fingerprint density at radius 3 is 2.48 bits per heavy atom. The van der Waals surface area contributed by atoms with Crippen molar-refractivity contribution in [2.75, 3.05) is 26.2 Å². The first-order valence-electron chi connectivity index (χ1n) is 9.68. The van der Waals surface area contributed by atoms with Gasteiger partial charge in [-0.25, -0.2) is 4.79 Å². The SMILES string of the molecule is C=C(C)COc1ccc(C2(C)NC(=O)N(CC(=O)N3CCC(O)CC3)C2=O)cc1. The van der Waals surface area contributed by atoms with Gasteiger partial charge in [-0.3, -0.25) is 14.5 Å². The van der Waals surface area contributed by atoms with Crippen LogP contribution in [0.3, 0.4) is 0 Å². The lowest BCUT2D eigenvalue weighted by Crippen LogP contribution is -2.47. The van der Waals surface area contributed by atoms with Crippen molar-refractivity contribution in [1.29, 1.82) is 0 Å². The maximum absolute atomic E-state index is 13.0. The van der Waals surface area contributed by atoms with Crippen LogP contribution in [0.2, 0.25) is 0 Å². The van der Waals surface area contributed by atoms with E-state index in [0.717, 1.165) is 10.5 Å². The molecule has 8 nitrogen and oxygen atoms in total. The minimum Gasteiger partial charge on any atom is -0.489 e. The van der Waals surface area contributed by atoms with Crippen molar-refractivity contribution in [2.24, 2.45) is 0 Å². The number of piperidine rings is 1. The maximum Gasteiger partial charge on any atom is 0.325 e. The first kappa shape index (κ1) is 20.9. The summed E-state index contributed by atoms with van der Waals surface area (Å²) in [5.41, 5.74) is 0.250. The van der Waals surface area contributed by atoms with Crippen LogP contribution in [-0.2, 0) is 15.1 Å². The van der Waals surface area contributed by atoms with E-state index in [4.69, 9.17) is 4.74 Å². The van der Waals surface area contributed by atoms with E-state index in [1.807, 2.05) is 6.92 Å². The van der Waals surface area contributed by atoms with Gasteiger partial charge in [-0.05, 0) is 50.0 Å². The van der Waals surface area contributed by atoms with Crippen LogP contribution in [-0.4, -0.2) is 65.1 Å². The fourth-order valence-electron chi connectivity index (χ4n) is 3.48. The number of carbonyl (C=O) groups excluding carboxylic acids is 3. The van der Waals surface area contributed by atoms with Crippen molar-refractivity contribution < 1.29 is 24.2 Å². The van der Waals surface area contributed by atoms with Crippen LogP contribution < -0.4 is 10.1 Å². The van der Waals surface area contributed by atoms with Gasteiger partial charge in [0, 0.05) is 13.1 Å². The fourth-order valence-corrected chi connectivity index (χ4v) is 3.48. The van der Waals surface area contributed by atoms with Gasteiger partial charge in [0.05, 0.1) is 6.10 Å². The molecule has 0 bridgehead atoms. The summed E-state index contributed by atoms with van der Waals surface area (Å²) in [6.45, 7) is 8.21. The smallest absolute Gasteiger partial charge is 0.325 e. The molecule has 2 fully saturated rings. The third-order valence-electron chi connectivity index (χ3n) is 5.30. The number of amides is 4. The van der Waals surface area contributed by atoms with E-state index in [1.165, 1.54) is 0 Å². The quantitative estimate of drug-likeness (QED) is 0.554. The topological polar surface area (TPSA) is 99.2 Å². The van der Waals surface area contributed by atoms with Crippen LogP contribution in [0.1, 0.15) is 32.3 Å². The first-order valence-corrected chi connectivity index (χ1v) is 9.68. The highest BCUT2D eigenvalue weighted by molar-refractivity contribution is 6.09. The Kier molecular flexibility index (Phi) is 5.93. The summed E-state index contributed by atoms with van der Waals surface area (Å²) >= 11 is 0. The van der Waals surface area contributed by atoms with E-state index < -0.39 is 23.6 Å². The molecule has 4 amide bonds. The highest BCUT2D eigenvalue weighted by Gasteiger charge is 2.49. The molecule has 1 unspecified atom stereocenters. The zero-order chi connectivity index (χ0) is 21.2. The molecule has 1 aromatic carbocycles. The largest absolute Gasteiger partial charge is 0.489 e. The molecular formula is C21H27N3O5. The van der Waals surface area contributed by atoms with Crippen molar-refractivity contribution in [3.63, 3.8) is 0 Å². The lowest BCUT2D eigenvalue weighted by molar-refractivity contribution is -0.140. The summed E-state index contributed by atoms with van der Waals surface area (Å²) in [7, 11) is 0. The van der Waals surface area contributed by atoms with Gasteiger partial charge in [-0.2, -0.15) is 0 Å². The minimum absolute atomic E-state index is 0.298. The molecule has 156 valence electrons. The second-order valence-electron chi connectivity index (χ2n) is 7.83. The van der Waals surface area contributed by atoms with Crippen molar-refractivity contribution in [2.45, 2.75) is 38.3 Å². The number of urea groups is 1. The number of carbonyl (C=O) groups is 3. The van der Waals surface area contributed by atoms with E-state index in [-0.39, 0.29) is 12.5 Å². The number of nitrogens with one attached hydrogen (secondary N) is 1. The molecule has 0 saturated carbocycles. The number of rotatable bonds is 6. The Balaban J connectivity index is 1.68. The molecule has 1 aromatic rings. The predicted octanol–water partition coefficient (Wildman–Crippen LogP) is 1.39. The van der Waals surface area contributed by atoms with E-state index >= 15 is 0 Å². The molecule has 2 aliphatic heterocycles. The van der Waals surface area contributed by atoms with Crippen molar-refractivity contribution in [1.82, 2.24) is 15.1 Å². The van der Waals surface area contributed by atoms with Gasteiger partial charge < -0.3 is 20.1 Å². The zero-order valence-corrected chi connectivity index (χ0v) is 16.8. The van der Waals surface area contributed by atoms with Gasteiger partial charge in [-0.15, -0.1) is 0 Å². The Bertz CT molecular complexity index is 814. The van der Waals surface area contributed by atoms with Crippen molar-refractivity contribution in [3.8, 4) is 5.75 Å². The van der Waals surface area contributed by atoms with E-state index in [2.05, 4.69) is 11.9 Å². The maximum atomic E-state index is 13.0. The van der Waals surface area contributed by atoms with Crippen LogP contribution in [0.25, 0.3) is 0 Å². The van der Waals surface area contributed by atoms with Gasteiger partial charge in [0.25, 0.3) is 5.91 Å². The second-order valence-corrected chi connectivity index (χ2v) is 7.83. The number of hydrogen-bond donors (Lipinski definition) is 2. The lowest BCUT2D eigenvalue weighted by atomic mass is 9.92. The second kappa shape index (κ2) is 8.24. The molecule has 0 radical (unpaired) electrons. The first-order chi connectivity index (χ1) is 13.7. The Morgan fingerprint density at radius 2 is 1.90 bits per heavy atom. The fraction of sp³-hybridized carbons (Fsp3) is 0.476. The molecule has 29 heavy (non-hydrogen) atoms. The molecule has 3 rings (SSSR count). The van der Waals surface area contributed by atoms with Gasteiger partial charge in [-0.1, -0.05) is 18.7 Å². The summed E-state index contributed by atoms with van der Waals surface area (Å²) < 4.78 is 5.56. The van der Waals surface area contributed by atoms with Gasteiger partial charge in [0.1, 0.15) is 24.4 Å². The molecule has 2 aliphatic rings. The van der Waals surface area contributed by atoms with E-state index in [0.29, 0.717) is 43.9 Å². The van der Waals surface area contributed by atoms with Crippen LogP contribution in [0, 0.1) is 0 Å². The number of aliphatic hydroxyl groups is 1. The number of nitrogens with zero attached hydrogens (tertiary/aromatic N) is 2. The van der Waals surface area contributed by atoms with Crippen LogP contribution in [0.4, 0.5) is 4.79 Å². The highest BCUT2D eigenvalue weighted by atomic mass is 16.5. The van der Waals surface area contributed by atoms with Crippen LogP contribution in [0.15, 0.2) is 36.4 Å². The molecule has 0 aliphatic carbocycles.